The quantitative estimate of drug-likeness (QED) is 0.882. The van der Waals surface area contributed by atoms with Gasteiger partial charge >= 0.3 is 0 Å². The highest BCUT2D eigenvalue weighted by Crippen LogP contribution is 2.22. The second-order valence-electron chi connectivity index (χ2n) is 5.23. The van der Waals surface area contributed by atoms with E-state index in [1.807, 2.05) is 13.0 Å². The molecule has 3 rings (SSSR count). The summed E-state index contributed by atoms with van der Waals surface area (Å²) in [7, 11) is 0. The first kappa shape index (κ1) is 13.6. The molecule has 1 saturated heterocycles. The first-order valence-corrected chi connectivity index (χ1v) is 7.04. The second kappa shape index (κ2) is 5.55. The van der Waals surface area contributed by atoms with Gasteiger partial charge in [0.15, 0.2) is 0 Å². The number of nitrogens with zero attached hydrogens (tertiary/aromatic N) is 4. The van der Waals surface area contributed by atoms with E-state index in [0.717, 1.165) is 24.5 Å². The van der Waals surface area contributed by atoms with Crippen LogP contribution in [0.1, 0.15) is 24.1 Å². The van der Waals surface area contributed by atoms with E-state index in [4.69, 9.17) is 5.73 Å². The maximum absolute atomic E-state index is 14.1. The second-order valence-corrected chi connectivity index (χ2v) is 5.23. The lowest BCUT2D eigenvalue weighted by molar-refractivity contribution is 0.625. The first-order chi connectivity index (χ1) is 10.1. The minimum absolute atomic E-state index is 0.279. The molecular formula is C15H18FN5. The van der Waals surface area contributed by atoms with E-state index in [-0.39, 0.29) is 11.8 Å². The van der Waals surface area contributed by atoms with Crippen molar-refractivity contribution in [2.24, 2.45) is 5.10 Å². The predicted molar refractivity (Wildman–Crippen MR) is 82.2 cm³/mol. The Morgan fingerprint density at radius 3 is 2.71 bits per heavy atom. The number of hydrogen-bond donors (Lipinski definition) is 1. The highest BCUT2D eigenvalue weighted by atomic mass is 19.1. The van der Waals surface area contributed by atoms with Crippen LogP contribution in [-0.4, -0.2) is 29.0 Å². The largest absolute Gasteiger partial charge is 0.371 e. The van der Waals surface area contributed by atoms with Crippen LogP contribution in [0.25, 0.3) is 0 Å². The van der Waals surface area contributed by atoms with E-state index in [1.165, 1.54) is 23.7 Å². The molecule has 0 aliphatic carbocycles. The number of imidazole rings is 1. The number of halogens is 1. The molecule has 0 atom stereocenters. The Kier molecular flexibility index (Phi) is 3.60. The molecule has 2 heterocycles. The zero-order valence-corrected chi connectivity index (χ0v) is 12.0. The van der Waals surface area contributed by atoms with Crippen molar-refractivity contribution in [3.05, 3.63) is 41.5 Å². The summed E-state index contributed by atoms with van der Waals surface area (Å²) in [5.41, 5.74) is 7.83. The standard InChI is InChI=1S/C15H18FN5/c1-11-10-21(15(17)19-11)18-9-12-4-5-13(8-14(12)16)20-6-2-3-7-20/h4-5,8-10H,2-3,6-7H2,1H3,(H2,17,19). The monoisotopic (exact) mass is 287 g/mol. The van der Waals surface area contributed by atoms with Crippen LogP contribution in [0.4, 0.5) is 16.0 Å². The number of aromatic nitrogens is 2. The van der Waals surface area contributed by atoms with Crippen molar-refractivity contribution >= 4 is 17.9 Å². The lowest BCUT2D eigenvalue weighted by atomic mass is 10.2. The van der Waals surface area contributed by atoms with Crippen molar-refractivity contribution < 1.29 is 4.39 Å². The third-order valence-electron chi connectivity index (χ3n) is 3.61. The minimum Gasteiger partial charge on any atom is -0.371 e. The number of nitrogen functional groups attached to an aromatic ring is 1. The van der Waals surface area contributed by atoms with Crippen LogP contribution in [0.5, 0.6) is 0 Å². The fourth-order valence-corrected chi connectivity index (χ4v) is 2.51. The molecule has 6 heteroatoms. The van der Waals surface area contributed by atoms with Gasteiger partial charge in [-0.25, -0.2) is 14.1 Å². The number of benzene rings is 1. The number of hydrogen-bond acceptors (Lipinski definition) is 4. The van der Waals surface area contributed by atoms with Gasteiger partial charge in [-0.15, -0.1) is 0 Å². The number of nitrogens with two attached hydrogens (primary N) is 1. The summed E-state index contributed by atoms with van der Waals surface area (Å²) in [5.74, 6) is 0.0106. The Labute approximate surface area is 122 Å². The number of rotatable bonds is 3. The van der Waals surface area contributed by atoms with Crippen LogP contribution in [0.15, 0.2) is 29.5 Å². The summed E-state index contributed by atoms with van der Waals surface area (Å²) >= 11 is 0. The van der Waals surface area contributed by atoms with Gasteiger partial charge < -0.3 is 10.6 Å². The zero-order valence-electron chi connectivity index (χ0n) is 12.0. The summed E-state index contributed by atoms with van der Waals surface area (Å²) in [6.07, 6.45) is 5.50. The average molecular weight is 287 g/mol. The van der Waals surface area contributed by atoms with Crippen LogP contribution in [0.3, 0.4) is 0 Å². The zero-order chi connectivity index (χ0) is 14.8. The molecule has 0 amide bonds. The number of anilines is 2. The lowest BCUT2D eigenvalue weighted by Gasteiger charge is -2.17. The van der Waals surface area contributed by atoms with Crippen LogP contribution in [0.2, 0.25) is 0 Å². The maximum Gasteiger partial charge on any atom is 0.221 e. The van der Waals surface area contributed by atoms with Crippen molar-refractivity contribution in [1.29, 1.82) is 0 Å². The Balaban J connectivity index is 1.81. The SMILES string of the molecule is Cc1cn(N=Cc2ccc(N3CCCC3)cc2F)c(N)n1. The molecule has 2 N–H and O–H groups in total. The summed E-state index contributed by atoms with van der Waals surface area (Å²) in [5, 5.41) is 4.14. The summed E-state index contributed by atoms with van der Waals surface area (Å²) in [6, 6.07) is 5.24. The Morgan fingerprint density at radius 2 is 2.10 bits per heavy atom. The van der Waals surface area contributed by atoms with Gasteiger partial charge in [-0.05, 0) is 38.0 Å². The van der Waals surface area contributed by atoms with Gasteiger partial charge in [0.05, 0.1) is 18.1 Å². The molecule has 1 fully saturated rings. The molecule has 21 heavy (non-hydrogen) atoms. The van der Waals surface area contributed by atoms with Crippen LogP contribution in [-0.2, 0) is 0 Å². The summed E-state index contributed by atoms with van der Waals surface area (Å²) < 4.78 is 15.6. The van der Waals surface area contributed by atoms with Crippen molar-refractivity contribution in [2.45, 2.75) is 19.8 Å². The fraction of sp³-hybridized carbons (Fsp3) is 0.333. The molecule has 0 radical (unpaired) electrons. The highest BCUT2D eigenvalue weighted by Gasteiger charge is 2.13. The fourth-order valence-electron chi connectivity index (χ4n) is 2.51. The summed E-state index contributed by atoms with van der Waals surface area (Å²) in [6.45, 7) is 3.82. The van der Waals surface area contributed by atoms with Crippen molar-refractivity contribution in [3.8, 4) is 0 Å². The topological polar surface area (TPSA) is 59.4 Å². The minimum atomic E-state index is -0.279. The predicted octanol–water partition coefficient (Wildman–Crippen LogP) is 2.40. The van der Waals surface area contributed by atoms with Crippen LogP contribution in [0, 0.1) is 12.7 Å². The molecule has 0 unspecified atom stereocenters. The normalized spacial score (nSPS) is 15.2. The molecule has 0 spiro atoms. The van der Waals surface area contributed by atoms with Crippen LogP contribution < -0.4 is 10.6 Å². The Bertz CT molecular complexity index is 671. The van der Waals surface area contributed by atoms with Gasteiger partial charge in [-0.3, -0.25) is 0 Å². The molecule has 1 aliphatic heterocycles. The smallest absolute Gasteiger partial charge is 0.221 e. The molecule has 1 aromatic carbocycles. The number of aryl methyl sites for hydroxylation is 1. The maximum atomic E-state index is 14.1. The highest BCUT2D eigenvalue weighted by molar-refractivity contribution is 5.80. The first-order valence-electron chi connectivity index (χ1n) is 7.04. The van der Waals surface area contributed by atoms with Crippen molar-refractivity contribution in [2.75, 3.05) is 23.7 Å². The average Bonchev–Trinajstić information content (AvgIpc) is 3.07. The lowest BCUT2D eigenvalue weighted by Crippen LogP contribution is -2.17. The molecule has 1 aromatic heterocycles. The van der Waals surface area contributed by atoms with E-state index in [9.17, 15) is 4.39 Å². The Morgan fingerprint density at radius 1 is 1.33 bits per heavy atom. The molecular weight excluding hydrogens is 269 g/mol. The molecule has 0 bridgehead atoms. The van der Waals surface area contributed by atoms with Crippen molar-refractivity contribution in [1.82, 2.24) is 9.66 Å². The van der Waals surface area contributed by atoms with E-state index >= 15 is 0 Å². The van der Waals surface area contributed by atoms with Gasteiger partial charge in [0.1, 0.15) is 5.82 Å². The third-order valence-corrected chi connectivity index (χ3v) is 3.61. The van der Waals surface area contributed by atoms with Gasteiger partial charge in [-0.2, -0.15) is 5.10 Å². The van der Waals surface area contributed by atoms with E-state index in [2.05, 4.69) is 15.0 Å². The molecule has 5 nitrogen and oxygen atoms in total. The summed E-state index contributed by atoms with van der Waals surface area (Å²) in [4.78, 5) is 6.23. The molecule has 1 aliphatic rings. The van der Waals surface area contributed by atoms with Gasteiger partial charge in [0.25, 0.3) is 0 Å². The van der Waals surface area contributed by atoms with Gasteiger partial charge in [-0.1, -0.05) is 0 Å². The van der Waals surface area contributed by atoms with Gasteiger partial charge in [0, 0.05) is 24.3 Å². The third kappa shape index (κ3) is 2.89. The van der Waals surface area contributed by atoms with Crippen molar-refractivity contribution in [3.63, 3.8) is 0 Å². The van der Waals surface area contributed by atoms with E-state index in [0.29, 0.717) is 5.56 Å². The molecule has 0 saturated carbocycles. The molecule has 2 aromatic rings. The van der Waals surface area contributed by atoms with Gasteiger partial charge in [0.2, 0.25) is 5.95 Å². The van der Waals surface area contributed by atoms with E-state index < -0.39 is 0 Å². The molecule has 110 valence electrons. The Hall–Kier alpha value is -2.37. The van der Waals surface area contributed by atoms with Crippen LogP contribution >= 0.6 is 0 Å². The van der Waals surface area contributed by atoms with E-state index in [1.54, 1.807) is 18.3 Å².